The summed E-state index contributed by atoms with van der Waals surface area (Å²) >= 11 is 0. The van der Waals surface area contributed by atoms with Crippen molar-refractivity contribution in [3.63, 3.8) is 0 Å². The average Bonchev–Trinajstić information content (AvgIpc) is 2.43. The third-order valence-electron chi connectivity index (χ3n) is 3.06. The maximum absolute atomic E-state index is 12.1. The van der Waals surface area contributed by atoms with Gasteiger partial charge in [-0.2, -0.15) is 0 Å². The Morgan fingerprint density at radius 2 is 1.50 bits per heavy atom. The maximum Gasteiger partial charge on any atom is 0.238 e. The number of hydrogen-bond donors (Lipinski definition) is 4. The van der Waals surface area contributed by atoms with Gasteiger partial charge in [0.25, 0.3) is 0 Å². The Labute approximate surface area is 144 Å². The zero-order valence-corrected chi connectivity index (χ0v) is 15.0. The topological polar surface area (TPSA) is 111 Å². The zero-order chi connectivity index (χ0) is 15.1. The summed E-state index contributed by atoms with van der Waals surface area (Å²) in [7, 11) is 0. The second-order valence-electron chi connectivity index (χ2n) is 4.49. The van der Waals surface area contributed by atoms with Gasteiger partial charge in [0.1, 0.15) is 28.2 Å². The second-order valence-corrected chi connectivity index (χ2v) is 4.49. The quantitative estimate of drug-likeness (QED) is 0.386. The number of benzene rings is 2. The predicted molar refractivity (Wildman–Crippen MR) is 80.3 cm³/mol. The summed E-state index contributed by atoms with van der Waals surface area (Å²) in [5.41, 5.74) is -0.498. The Morgan fingerprint density at radius 3 is 2.14 bits per heavy atom. The fourth-order valence-corrected chi connectivity index (χ4v) is 2.08. The van der Waals surface area contributed by atoms with Gasteiger partial charge in [-0.1, -0.05) is 0 Å². The van der Waals surface area contributed by atoms with Crippen molar-refractivity contribution in [2.24, 2.45) is 0 Å². The number of fused-ring (bicyclic) bond motifs is 1. The van der Waals surface area contributed by atoms with E-state index in [4.69, 9.17) is 4.42 Å². The molecule has 4 radical (unpaired) electrons. The molecular weight excluding hydrogens is 483 g/mol. The van der Waals surface area contributed by atoms with E-state index in [9.17, 15) is 25.2 Å². The molecule has 1 aromatic heterocycles. The molecule has 0 aliphatic heterocycles. The van der Waals surface area contributed by atoms with Gasteiger partial charge in [-0.05, 0) is 24.3 Å². The first-order valence-corrected chi connectivity index (χ1v) is 5.98. The largest absolute Gasteiger partial charge is 0.508 e. The summed E-state index contributed by atoms with van der Waals surface area (Å²) in [5.74, 6) is -1.50. The average molecular weight is 493 g/mol. The summed E-state index contributed by atoms with van der Waals surface area (Å²) in [6, 6.07) is 7.82. The molecule has 3 aromatic rings. The van der Waals surface area contributed by atoms with E-state index >= 15 is 0 Å². The van der Waals surface area contributed by atoms with Crippen molar-refractivity contribution in [1.82, 2.24) is 0 Å². The Morgan fingerprint density at radius 1 is 0.864 bits per heavy atom. The van der Waals surface area contributed by atoms with Crippen LogP contribution in [0.4, 0.5) is 0 Å². The molecule has 0 spiro atoms. The van der Waals surface area contributed by atoms with E-state index in [1.807, 2.05) is 0 Å². The molecule has 3 rings (SSSR count). The number of aromatic hydroxyl groups is 4. The van der Waals surface area contributed by atoms with E-state index in [2.05, 4.69) is 0 Å². The summed E-state index contributed by atoms with van der Waals surface area (Å²) in [4.78, 5) is 12.1. The van der Waals surface area contributed by atoms with Crippen LogP contribution in [-0.2, 0) is 0 Å². The monoisotopic (exact) mass is 494 g/mol. The fourth-order valence-electron chi connectivity index (χ4n) is 2.08. The van der Waals surface area contributed by atoms with Crippen molar-refractivity contribution in [3.8, 4) is 34.3 Å². The minimum atomic E-state index is -0.808. The van der Waals surface area contributed by atoms with Crippen molar-refractivity contribution in [3.05, 3.63) is 46.6 Å². The summed E-state index contributed by atoms with van der Waals surface area (Å²) in [6.07, 6.45) is 0. The smallest absolute Gasteiger partial charge is 0.238 e. The van der Waals surface area contributed by atoms with Crippen LogP contribution < -0.4 is 5.43 Å². The number of phenols is 3. The van der Waals surface area contributed by atoms with E-state index in [0.29, 0.717) is 5.56 Å². The third kappa shape index (κ3) is 2.61. The van der Waals surface area contributed by atoms with Crippen molar-refractivity contribution in [2.45, 2.75) is 0 Å². The first kappa shape index (κ1) is 16.1. The molecule has 4 N–H and O–H groups in total. The van der Waals surface area contributed by atoms with Gasteiger partial charge in [0, 0.05) is 45.0 Å². The number of phenolic OH excluding ortho intramolecular Hbond substituents is 3. The summed E-state index contributed by atoms with van der Waals surface area (Å²) in [6.45, 7) is 0. The molecule has 6 nitrogen and oxygen atoms in total. The normalized spacial score (nSPS) is 10.4. The molecule has 0 aliphatic carbocycles. The molecule has 0 atom stereocenters. The molecule has 2 aromatic carbocycles. The zero-order valence-electron chi connectivity index (χ0n) is 11.1. The molecule has 0 unspecified atom stereocenters. The standard InChI is InChI=1S/C15H10O6.Pb/c16-8-3-1-7(2-4-8)15-14(20)13(19)12-10(18)5-9(17)6-11(12)21-15;/h1-6,16-18,20H;. The first-order chi connectivity index (χ1) is 9.97. The minimum Gasteiger partial charge on any atom is -0.508 e. The molecule has 0 aliphatic rings. The molecule has 7 heteroatoms. The van der Waals surface area contributed by atoms with Crippen LogP contribution in [0.2, 0.25) is 0 Å². The Balaban J connectivity index is 0.00000176. The Bertz CT molecular complexity index is 899. The number of rotatable bonds is 1. The Hall–Kier alpha value is -2.23. The van der Waals surface area contributed by atoms with Gasteiger partial charge < -0.3 is 24.8 Å². The van der Waals surface area contributed by atoms with Crippen molar-refractivity contribution in [2.75, 3.05) is 0 Å². The molecule has 0 fully saturated rings. The number of hydrogen-bond acceptors (Lipinski definition) is 6. The fraction of sp³-hybridized carbons (Fsp3) is 0. The summed E-state index contributed by atoms with van der Waals surface area (Å²) < 4.78 is 5.41. The first-order valence-electron chi connectivity index (χ1n) is 5.98. The van der Waals surface area contributed by atoms with Gasteiger partial charge in [0.05, 0.1) is 0 Å². The van der Waals surface area contributed by atoms with Crippen molar-refractivity contribution < 1.29 is 24.8 Å². The molecular formula is C15H10O6Pb. The van der Waals surface area contributed by atoms with Crippen LogP contribution in [0.15, 0.2) is 45.6 Å². The molecule has 110 valence electrons. The van der Waals surface area contributed by atoms with E-state index in [1.54, 1.807) is 0 Å². The molecule has 0 saturated heterocycles. The Kier molecular flexibility index (Phi) is 4.31. The van der Waals surface area contributed by atoms with Crippen LogP contribution in [0.3, 0.4) is 0 Å². The molecule has 22 heavy (non-hydrogen) atoms. The minimum absolute atomic E-state index is 0. The predicted octanol–water partition coefficient (Wildman–Crippen LogP) is 1.90. The molecule has 1 heterocycles. The van der Waals surface area contributed by atoms with E-state index in [1.165, 1.54) is 30.3 Å². The van der Waals surface area contributed by atoms with E-state index in [-0.39, 0.29) is 55.5 Å². The van der Waals surface area contributed by atoms with Crippen molar-refractivity contribution >= 4 is 38.3 Å². The maximum atomic E-state index is 12.1. The van der Waals surface area contributed by atoms with Crippen molar-refractivity contribution in [1.29, 1.82) is 0 Å². The van der Waals surface area contributed by atoms with Crippen LogP contribution in [-0.4, -0.2) is 47.7 Å². The van der Waals surface area contributed by atoms with Gasteiger partial charge in [-0.15, -0.1) is 0 Å². The molecule has 0 bridgehead atoms. The van der Waals surface area contributed by atoms with Crippen LogP contribution >= 0.6 is 0 Å². The van der Waals surface area contributed by atoms with Crippen LogP contribution in [0.25, 0.3) is 22.3 Å². The van der Waals surface area contributed by atoms with Gasteiger partial charge in [-0.25, -0.2) is 0 Å². The van der Waals surface area contributed by atoms with Crippen LogP contribution in [0.1, 0.15) is 0 Å². The van der Waals surface area contributed by atoms with Gasteiger partial charge in [0.2, 0.25) is 11.2 Å². The molecule has 0 amide bonds. The van der Waals surface area contributed by atoms with E-state index < -0.39 is 16.9 Å². The summed E-state index contributed by atoms with van der Waals surface area (Å²) in [5, 5.41) is 38.1. The molecule has 0 saturated carbocycles. The van der Waals surface area contributed by atoms with Crippen LogP contribution in [0.5, 0.6) is 23.0 Å². The second kappa shape index (κ2) is 5.87. The van der Waals surface area contributed by atoms with Crippen LogP contribution in [0, 0.1) is 0 Å². The SMILES string of the molecule is O=c1c(O)c(-c2ccc(O)cc2)oc2cc(O)cc(O)c12.[Pb]. The van der Waals surface area contributed by atoms with Gasteiger partial charge in [-0.3, -0.25) is 4.79 Å². The third-order valence-corrected chi connectivity index (χ3v) is 3.06. The van der Waals surface area contributed by atoms with Gasteiger partial charge in [0.15, 0.2) is 5.76 Å². The van der Waals surface area contributed by atoms with E-state index in [0.717, 1.165) is 6.07 Å². The van der Waals surface area contributed by atoms with Gasteiger partial charge >= 0.3 is 0 Å².